The molecule has 2 aromatic carbocycles. The van der Waals surface area contributed by atoms with Gasteiger partial charge < -0.3 is 5.32 Å². The van der Waals surface area contributed by atoms with Gasteiger partial charge in [0.15, 0.2) is 0 Å². The van der Waals surface area contributed by atoms with Gasteiger partial charge in [-0.3, -0.25) is 9.10 Å². The number of carbonyl (C=O) groups is 1. The normalized spacial score (nSPS) is 13.7. The number of nitrogens with one attached hydrogen (secondary N) is 1. The maximum atomic E-state index is 12.7. The maximum absolute atomic E-state index is 12.7. The Bertz CT molecular complexity index is 901. The predicted octanol–water partition coefficient (Wildman–Crippen LogP) is 3.72. The van der Waals surface area contributed by atoms with Crippen LogP contribution >= 0.6 is 11.6 Å². The molecule has 1 amide bonds. The molecule has 0 unspecified atom stereocenters. The molecule has 0 bridgehead atoms. The summed E-state index contributed by atoms with van der Waals surface area (Å²) in [6.07, 6.45) is 1.09. The van der Waals surface area contributed by atoms with E-state index in [1.54, 1.807) is 32.0 Å². The van der Waals surface area contributed by atoms with Crippen LogP contribution < -0.4 is 9.62 Å². The summed E-state index contributed by atoms with van der Waals surface area (Å²) in [5, 5.41) is 3.27. The molecule has 0 aliphatic rings. The van der Waals surface area contributed by atoms with Crippen LogP contribution in [0.15, 0.2) is 48.5 Å². The van der Waals surface area contributed by atoms with Crippen molar-refractivity contribution in [3.05, 3.63) is 64.7 Å². The number of aryl methyl sites for hydroxylation is 1. The number of rotatable bonds is 7. The lowest BCUT2D eigenvalue weighted by Gasteiger charge is -2.30. The zero-order chi connectivity index (χ0) is 20.2. The summed E-state index contributed by atoms with van der Waals surface area (Å²) in [7, 11) is -3.68. The number of nitrogens with zero attached hydrogens (tertiary/aromatic N) is 1. The minimum Gasteiger partial charge on any atom is -0.354 e. The van der Waals surface area contributed by atoms with Crippen molar-refractivity contribution in [1.82, 2.24) is 5.32 Å². The third kappa shape index (κ3) is 5.47. The molecule has 2 atom stereocenters. The highest BCUT2D eigenvalue weighted by molar-refractivity contribution is 7.92. The number of hydrogen-bond acceptors (Lipinski definition) is 3. The molecular weight excluding hydrogens is 384 g/mol. The molecule has 0 heterocycles. The van der Waals surface area contributed by atoms with E-state index in [1.807, 2.05) is 37.3 Å². The number of amides is 1. The molecule has 0 radical (unpaired) electrons. The number of sulfonamides is 1. The second-order valence-electron chi connectivity index (χ2n) is 6.72. The summed E-state index contributed by atoms with van der Waals surface area (Å²) in [6.45, 7) is 5.78. The molecule has 0 saturated heterocycles. The van der Waals surface area contributed by atoms with E-state index in [1.165, 1.54) is 0 Å². The fourth-order valence-corrected chi connectivity index (χ4v) is 4.29. The third-order valence-corrected chi connectivity index (χ3v) is 5.91. The molecule has 7 heteroatoms. The third-order valence-electron chi connectivity index (χ3n) is 4.45. The lowest BCUT2D eigenvalue weighted by molar-refractivity contribution is -0.121. The van der Waals surface area contributed by atoms with Crippen molar-refractivity contribution < 1.29 is 13.2 Å². The molecule has 2 aromatic rings. The lowest BCUT2D eigenvalue weighted by atomic mass is 10.0. The highest BCUT2D eigenvalue weighted by Gasteiger charge is 2.30. The number of hydrogen-bond donors (Lipinski definition) is 1. The molecule has 0 spiro atoms. The fraction of sp³-hybridized carbons (Fsp3) is 0.350. The van der Waals surface area contributed by atoms with E-state index in [2.05, 4.69) is 5.32 Å². The van der Waals surface area contributed by atoms with E-state index < -0.39 is 16.1 Å². The van der Waals surface area contributed by atoms with Crippen LogP contribution in [0.25, 0.3) is 0 Å². The molecule has 146 valence electrons. The Hall–Kier alpha value is -2.05. The summed E-state index contributed by atoms with van der Waals surface area (Å²) in [5.41, 5.74) is 2.24. The van der Waals surface area contributed by atoms with Crippen molar-refractivity contribution in [2.24, 2.45) is 0 Å². The Kier molecular flexibility index (Phi) is 6.89. The topological polar surface area (TPSA) is 66.5 Å². The summed E-state index contributed by atoms with van der Waals surface area (Å²) >= 11 is 6.04. The zero-order valence-electron chi connectivity index (χ0n) is 15.9. The van der Waals surface area contributed by atoms with Crippen LogP contribution in [0.4, 0.5) is 5.69 Å². The van der Waals surface area contributed by atoms with E-state index in [0.29, 0.717) is 17.3 Å². The van der Waals surface area contributed by atoms with Crippen molar-refractivity contribution in [2.45, 2.75) is 32.7 Å². The lowest BCUT2D eigenvalue weighted by Crippen LogP contribution is -2.48. The second-order valence-corrected chi connectivity index (χ2v) is 9.02. The van der Waals surface area contributed by atoms with Gasteiger partial charge in [0.1, 0.15) is 6.04 Å². The summed E-state index contributed by atoms with van der Waals surface area (Å²) < 4.78 is 25.9. The molecule has 2 rings (SSSR count). The molecule has 0 aromatic heterocycles. The summed E-state index contributed by atoms with van der Waals surface area (Å²) in [4.78, 5) is 12.7. The molecule has 1 N–H and O–H groups in total. The highest BCUT2D eigenvalue weighted by atomic mass is 35.5. The summed E-state index contributed by atoms with van der Waals surface area (Å²) in [6, 6.07) is 13.9. The van der Waals surface area contributed by atoms with Crippen molar-refractivity contribution in [3.8, 4) is 0 Å². The number of anilines is 1. The van der Waals surface area contributed by atoms with Gasteiger partial charge in [-0.2, -0.15) is 0 Å². The number of carbonyl (C=O) groups excluding carboxylic acids is 1. The Morgan fingerprint density at radius 1 is 1.15 bits per heavy atom. The van der Waals surface area contributed by atoms with Gasteiger partial charge in [0, 0.05) is 11.6 Å². The van der Waals surface area contributed by atoms with Crippen LogP contribution in [0.3, 0.4) is 0 Å². The average Bonchev–Trinajstić information content (AvgIpc) is 2.62. The van der Waals surface area contributed by atoms with E-state index in [0.717, 1.165) is 21.7 Å². The molecule has 0 fully saturated rings. The fourth-order valence-electron chi connectivity index (χ4n) is 2.90. The van der Waals surface area contributed by atoms with Crippen LogP contribution in [0.2, 0.25) is 5.02 Å². The van der Waals surface area contributed by atoms with Crippen LogP contribution in [-0.4, -0.2) is 33.2 Å². The molecule has 0 saturated carbocycles. The van der Waals surface area contributed by atoms with Gasteiger partial charge in [0.05, 0.1) is 11.9 Å². The standard InChI is InChI=1S/C20H25ClN2O3S/c1-14-10-11-18(21)12-19(14)23(27(4,25)26)16(3)20(24)22-13-15(2)17-8-6-5-7-9-17/h5-12,15-16H,13H2,1-4H3,(H,22,24)/t15-,16+/m0/s1. The first-order valence-electron chi connectivity index (χ1n) is 8.69. The van der Waals surface area contributed by atoms with E-state index in [9.17, 15) is 13.2 Å². The largest absolute Gasteiger partial charge is 0.354 e. The van der Waals surface area contributed by atoms with E-state index in [4.69, 9.17) is 11.6 Å². The van der Waals surface area contributed by atoms with Crippen molar-refractivity contribution in [1.29, 1.82) is 0 Å². The SMILES string of the molecule is Cc1ccc(Cl)cc1N([C@H](C)C(=O)NC[C@H](C)c1ccccc1)S(C)(=O)=O. The van der Waals surface area contributed by atoms with Crippen LogP contribution in [0, 0.1) is 6.92 Å². The van der Waals surface area contributed by atoms with E-state index in [-0.39, 0.29) is 11.8 Å². The van der Waals surface area contributed by atoms with Crippen LogP contribution in [-0.2, 0) is 14.8 Å². The number of benzene rings is 2. The molecule has 27 heavy (non-hydrogen) atoms. The molecule has 0 aliphatic heterocycles. The number of halogens is 1. The highest BCUT2D eigenvalue weighted by Crippen LogP contribution is 2.28. The Morgan fingerprint density at radius 2 is 1.78 bits per heavy atom. The monoisotopic (exact) mass is 408 g/mol. The Labute approximate surface area is 166 Å². The van der Waals surface area contributed by atoms with Crippen molar-refractivity contribution in [2.75, 3.05) is 17.1 Å². The van der Waals surface area contributed by atoms with Gasteiger partial charge in [0.25, 0.3) is 0 Å². The smallest absolute Gasteiger partial charge is 0.243 e. The zero-order valence-corrected chi connectivity index (χ0v) is 17.5. The van der Waals surface area contributed by atoms with Gasteiger partial charge in [0.2, 0.25) is 15.9 Å². The molecule has 5 nitrogen and oxygen atoms in total. The van der Waals surface area contributed by atoms with Gasteiger partial charge in [-0.1, -0.05) is 54.9 Å². The van der Waals surface area contributed by atoms with Crippen LogP contribution in [0.1, 0.15) is 30.9 Å². The first kappa shape index (κ1) is 21.3. The Morgan fingerprint density at radius 3 is 2.37 bits per heavy atom. The van der Waals surface area contributed by atoms with Gasteiger partial charge in [-0.25, -0.2) is 8.42 Å². The molecular formula is C20H25ClN2O3S. The van der Waals surface area contributed by atoms with Gasteiger partial charge in [-0.15, -0.1) is 0 Å². The average molecular weight is 409 g/mol. The quantitative estimate of drug-likeness (QED) is 0.759. The maximum Gasteiger partial charge on any atom is 0.243 e. The molecule has 0 aliphatic carbocycles. The van der Waals surface area contributed by atoms with Crippen LogP contribution in [0.5, 0.6) is 0 Å². The first-order valence-corrected chi connectivity index (χ1v) is 10.9. The first-order chi connectivity index (χ1) is 12.6. The van der Waals surface area contributed by atoms with Crippen molar-refractivity contribution >= 4 is 33.2 Å². The minimum absolute atomic E-state index is 0.113. The second kappa shape index (κ2) is 8.76. The minimum atomic E-state index is -3.68. The van der Waals surface area contributed by atoms with Gasteiger partial charge >= 0.3 is 0 Å². The van der Waals surface area contributed by atoms with Crippen molar-refractivity contribution in [3.63, 3.8) is 0 Å². The Balaban J connectivity index is 2.19. The van der Waals surface area contributed by atoms with Gasteiger partial charge in [-0.05, 0) is 43.0 Å². The summed E-state index contributed by atoms with van der Waals surface area (Å²) in [5.74, 6) is -0.246. The predicted molar refractivity (Wildman–Crippen MR) is 111 cm³/mol. The van der Waals surface area contributed by atoms with E-state index >= 15 is 0 Å².